The van der Waals surface area contributed by atoms with Gasteiger partial charge in [-0.2, -0.15) is 5.10 Å². The molecule has 0 unspecified atom stereocenters. The Labute approximate surface area is 69.7 Å². The number of aromatic nitrogens is 2. The van der Waals surface area contributed by atoms with Crippen molar-refractivity contribution < 1.29 is 9.47 Å². The van der Waals surface area contributed by atoms with Gasteiger partial charge in [0.2, 0.25) is 0 Å². The summed E-state index contributed by atoms with van der Waals surface area (Å²) in [6.07, 6.45) is 1.57. The summed E-state index contributed by atoms with van der Waals surface area (Å²) in [5.74, 6) is 1.18. The maximum absolute atomic E-state index is 5.32. The standard InChI is InChI=1S/C7H9N3O2/c1-11-7-6-5(4-9-10-7)12-3-2-8-6/h4,8H,2-3H2,1H3. The molecule has 2 rings (SSSR count). The first-order chi connectivity index (χ1) is 5.92. The van der Waals surface area contributed by atoms with Crippen LogP contribution in [-0.2, 0) is 0 Å². The van der Waals surface area contributed by atoms with E-state index in [-0.39, 0.29) is 0 Å². The van der Waals surface area contributed by atoms with E-state index in [2.05, 4.69) is 15.5 Å². The van der Waals surface area contributed by atoms with Crippen LogP contribution in [0, 0.1) is 0 Å². The molecule has 0 radical (unpaired) electrons. The third kappa shape index (κ3) is 1.03. The van der Waals surface area contributed by atoms with Crippen molar-refractivity contribution >= 4 is 5.69 Å². The largest absolute Gasteiger partial charge is 0.488 e. The number of ether oxygens (including phenoxy) is 2. The highest BCUT2D eigenvalue weighted by atomic mass is 16.5. The van der Waals surface area contributed by atoms with Crippen LogP contribution in [-0.4, -0.2) is 30.5 Å². The molecule has 1 N–H and O–H groups in total. The van der Waals surface area contributed by atoms with E-state index in [4.69, 9.17) is 9.47 Å². The summed E-state index contributed by atoms with van der Waals surface area (Å²) < 4.78 is 10.3. The van der Waals surface area contributed by atoms with Gasteiger partial charge in [0.1, 0.15) is 12.3 Å². The predicted octanol–water partition coefficient (Wildman–Crippen LogP) is 0.289. The van der Waals surface area contributed by atoms with Crippen LogP contribution in [0.4, 0.5) is 5.69 Å². The molecular formula is C7H9N3O2. The third-order valence-corrected chi connectivity index (χ3v) is 1.64. The van der Waals surface area contributed by atoms with Gasteiger partial charge in [0.05, 0.1) is 13.3 Å². The van der Waals surface area contributed by atoms with E-state index in [9.17, 15) is 0 Å². The first kappa shape index (κ1) is 7.15. The van der Waals surface area contributed by atoms with Gasteiger partial charge < -0.3 is 14.8 Å². The number of nitrogens with zero attached hydrogens (tertiary/aromatic N) is 2. The topological polar surface area (TPSA) is 56.3 Å². The van der Waals surface area contributed by atoms with Crippen LogP contribution in [0.5, 0.6) is 11.6 Å². The molecule has 0 aliphatic carbocycles. The lowest BCUT2D eigenvalue weighted by Gasteiger charge is -2.19. The number of hydrogen-bond donors (Lipinski definition) is 1. The van der Waals surface area contributed by atoms with Crippen LogP contribution in [0.3, 0.4) is 0 Å². The van der Waals surface area contributed by atoms with Gasteiger partial charge in [0.25, 0.3) is 5.88 Å². The SMILES string of the molecule is COc1nncc2c1NCCO2. The van der Waals surface area contributed by atoms with Gasteiger partial charge in [-0.1, -0.05) is 0 Å². The normalized spacial score (nSPS) is 14.1. The lowest BCUT2D eigenvalue weighted by atomic mass is 10.3. The summed E-state index contributed by atoms with van der Waals surface area (Å²) in [6.45, 7) is 1.43. The van der Waals surface area contributed by atoms with Crippen LogP contribution in [0.25, 0.3) is 0 Å². The smallest absolute Gasteiger partial charge is 0.260 e. The lowest BCUT2D eigenvalue weighted by Crippen LogP contribution is -2.19. The number of hydrogen-bond acceptors (Lipinski definition) is 5. The van der Waals surface area contributed by atoms with Gasteiger partial charge in [-0.15, -0.1) is 5.10 Å². The van der Waals surface area contributed by atoms with Crippen molar-refractivity contribution in [2.75, 3.05) is 25.6 Å². The van der Waals surface area contributed by atoms with E-state index in [0.29, 0.717) is 18.2 Å². The molecule has 2 heterocycles. The van der Waals surface area contributed by atoms with Gasteiger partial charge in [-0.3, -0.25) is 0 Å². The minimum Gasteiger partial charge on any atom is -0.488 e. The van der Waals surface area contributed by atoms with Gasteiger partial charge >= 0.3 is 0 Å². The zero-order chi connectivity index (χ0) is 8.39. The van der Waals surface area contributed by atoms with E-state index >= 15 is 0 Å². The number of fused-ring (bicyclic) bond motifs is 1. The maximum Gasteiger partial charge on any atom is 0.260 e. The number of rotatable bonds is 1. The summed E-state index contributed by atoms with van der Waals surface area (Å²) in [5.41, 5.74) is 0.791. The minimum absolute atomic E-state index is 0.479. The van der Waals surface area contributed by atoms with Crippen molar-refractivity contribution in [3.8, 4) is 11.6 Å². The molecule has 0 fully saturated rings. The van der Waals surface area contributed by atoms with Crippen molar-refractivity contribution in [3.05, 3.63) is 6.20 Å². The van der Waals surface area contributed by atoms with E-state index in [1.807, 2.05) is 0 Å². The Morgan fingerprint density at radius 1 is 1.67 bits per heavy atom. The van der Waals surface area contributed by atoms with Gasteiger partial charge in [-0.25, -0.2) is 0 Å². The summed E-state index contributed by atoms with van der Waals surface area (Å²) in [5, 5.41) is 10.7. The molecule has 0 spiro atoms. The molecule has 0 bridgehead atoms. The third-order valence-electron chi connectivity index (χ3n) is 1.64. The molecule has 12 heavy (non-hydrogen) atoms. The van der Waals surface area contributed by atoms with E-state index in [1.165, 1.54) is 0 Å². The van der Waals surface area contributed by atoms with E-state index in [1.54, 1.807) is 13.3 Å². The highest BCUT2D eigenvalue weighted by Gasteiger charge is 2.15. The maximum atomic E-state index is 5.32. The molecule has 0 saturated carbocycles. The number of nitrogens with one attached hydrogen (secondary N) is 1. The quantitative estimate of drug-likeness (QED) is 0.651. The fourth-order valence-electron chi connectivity index (χ4n) is 1.11. The Bertz CT molecular complexity index is 276. The first-order valence-corrected chi connectivity index (χ1v) is 3.68. The van der Waals surface area contributed by atoms with Crippen LogP contribution >= 0.6 is 0 Å². The van der Waals surface area contributed by atoms with Crippen molar-refractivity contribution in [1.82, 2.24) is 10.2 Å². The molecule has 64 valence electrons. The molecule has 5 nitrogen and oxygen atoms in total. The first-order valence-electron chi connectivity index (χ1n) is 3.68. The predicted molar refractivity (Wildman–Crippen MR) is 42.6 cm³/mol. The lowest BCUT2D eigenvalue weighted by molar-refractivity contribution is 0.313. The highest BCUT2D eigenvalue weighted by Crippen LogP contribution is 2.32. The Balaban J connectivity index is 2.44. The highest BCUT2D eigenvalue weighted by molar-refractivity contribution is 5.62. The van der Waals surface area contributed by atoms with Gasteiger partial charge in [-0.05, 0) is 0 Å². The molecule has 0 saturated heterocycles. The van der Waals surface area contributed by atoms with Crippen LogP contribution in [0.15, 0.2) is 6.20 Å². The molecule has 0 aromatic carbocycles. The summed E-state index contributed by atoms with van der Waals surface area (Å²) in [7, 11) is 1.56. The molecular weight excluding hydrogens is 158 g/mol. The average molecular weight is 167 g/mol. The second-order valence-corrected chi connectivity index (χ2v) is 2.37. The molecule has 5 heteroatoms. The van der Waals surface area contributed by atoms with Crippen LogP contribution in [0.1, 0.15) is 0 Å². The van der Waals surface area contributed by atoms with E-state index in [0.717, 1.165) is 12.2 Å². The molecule has 1 aliphatic heterocycles. The molecule has 1 aromatic rings. The Morgan fingerprint density at radius 3 is 3.42 bits per heavy atom. The monoisotopic (exact) mass is 167 g/mol. The molecule has 1 aromatic heterocycles. The van der Waals surface area contributed by atoms with Crippen molar-refractivity contribution in [1.29, 1.82) is 0 Å². The van der Waals surface area contributed by atoms with Gasteiger partial charge in [0.15, 0.2) is 5.75 Å². The summed E-state index contributed by atoms with van der Waals surface area (Å²) in [6, 6.07) is 0. The zero-order valence-corrected chi connectivity index (χ0v) is 6.70. The van der Waals surface area contributed by atoms with Crippen LogP contribution < -0.4 is 14.8 Å². The molecule has 0 amide bonds. The Morgan fingerprint density at radius 2 is 2.58 bits per heavy atom. The molecule has 0 atom stereocenters. The summed E-state index contributed by atoms with van der Waals surface area (Å²) in [4.78, 5) is 0. The zero-order valence-electron chi connectivity index (χ0n) is 6.70. The van der Waals surface area contributed by atoms with Crippen molar-refractivity contribution in [2.24, 2.45) is 0 Å². The van der Waals surface area contributed by atoms with Gasteiger partial charge in [0, 0.05) is 6.54 Å². The Hall–Kier alpha value is -1.52. The Kier molecular flexibility index (Phi) is 1.69. The van der Waals surface area contributed by atoms with E-state index < -0.39 is 0 Å². The second-order valence-electron chi connectivity index (χ2n) is 2.37. The summed E-state index contributed by atoms with van der Waals surface area (Å²) >= 11 is 0. The fraction of sp³-hybridized carbons (Fsp3) is 0.429. The second kappa shape index (κ2) is 2.84. The average Bonchev–Trinajstić information content (AvgIpc) is 2.17. The molecule has 1 aliphatic rings. The number of methoxy groups -OCH3 is 1. The van der Waals surface area contributed by atoms with Crippen LogP contribution in [0.2, 0.25) is 0 Å². The van der Waals surface area contributed by atoms with Crippen molar-refractivity contribution in [2.45, 2.75) is 0 Å². The van der Waals surface area contributed by atoms with Crippen molar-refractivity contribution in [3.63, 3.8) is 0 Å². The minimum atomic E-state index is 0.479. The fourth-order valence-corrected chi connectivity index (χ4v) is 1.11. The number of anilines is 1.